The Morgan fingerprint density at radius 1 is 1.07 bits per heavy atom. The van der Waals surface area contributed by atoms with Gasteiger partial charge >= 0.3 is 0 Å². The molecule has 3 unspecified atom stereocenters. The Labute approximate surface area is 93.8 Å². The minimum absolute atomic E-state index is 0.598. The second-order valence-corrected chi connectivity index (χ2v) is 5.07. The van der Waals surface area contributed by atoms with Crippen molar-refractivity contribution in [3.8, 4) is 0 Å². The van der Waals surface area contributed by atoms with Crippen molar-refractivity contribution in [1.82, 2.24) is 0 Å². The van der Waals surface area contributed by atoms with Crippen molar-refractivity contribution in [3.05, 3.63) is 35.5 Å². The Bertz CT molecular complexity index is 317. The summed E-state index contributed by atoms with van der Waals surface area (Å²) in [5.41, 5.74) is 3.23. The molecule has 2 aliphatic rings. The predicted molar refractivity (Wildman–Crippen MR) is 66.6 cm³/mol. The van der Waals surface area contributed by atoms with Gasteiger partial charge in [-0.05, 0) is 48.2 Å². The Balaban J connectivity index is 2.38. The molecule has 82 valence electrons. The molecule has 0 bridgehead atoms. The third-order valence-electron chi connectivity index (χ3n) is 3.90. The van der Waals surface area contributed by atoms with Gasteiger partial charge in [-0.2, -0.15) is 0 Å². The zero-order chi connectivity index (χ0) is 10.8. The van der Waals surface area contributed by atoms with Gasteiger partial charge in [0.05, 0.1) is 0 Å². The average molecular weight is 202 g/mol. The fourth-order valence-corrected chi connectivity index (χ4v) is 2.77. The lowest BCUT2D eigenvalue weighted by atomic mass is 9.76. The quantitative estimate of drug-likeness (QED) is 0.587. The van der Waals surface area contributed by atoms with Gasteiger partial charge in [0.25, 0.3) is 0 Å². The van der Waals surface area contributed by atoms with Crippen molar-refractivity contribution in [2.45, 2.75) is 40.0 Å². The predicted octanol–water partition coefficient (Wildman–Crippen LogP) is 4.50. The standard InChI is InChI=1S/C15H22/c1-4-13-8-7-12(3)14-9-5-11(2)6-10-15(13)14/h5-6,9-13H,4,7-8H2,1-3H3. The normalized spacial score (nSPS) is 35.3. The van der Waals surface area contributed by atoms with Crippen LogP contribution in [0.15, 0.2) is 35.5 Å². The summed E-state index contributed by atoms with van der Waals surface area (Å²) in [5.74, 6) is 2.16. The SMILES string of the molecule is CCC1CCC(C)C2=C1C=CC(C)C=C2. The van der Waals surface area contributed by atoms with Crippen LogP contribution < -0.4 is 0 Å². The molecule has 0 aromatic carbocycles. The molecule has 0 aromatic heterocycles. The zero-order valence-electron chi connectivity index (χ0n) is 10.2. The van der Waals surface area contributed by atoms with Crippen LogP contribution in [0.2, 0.25) is 0 Å². The van der Waals surface area contributed by atoms with E-state index in [1.807, 2.05) is 0 Å². The van der Waals surface area contributed by atoms with Crippen molar-refractivity contribution < 1.29 is 0 Å². The van der Waals surface area contributed by atoms with E-state index in [0.29, 0.717) is 5.92 Å². The summed E-state index contributed by atoms with van der Waals surface area (Å²) in [6, 6.07) is 0. The first-order valence-corrected chi connectivity index (χ1v) is 6.32. The van der Waals surface area contributed by atoms with E-state index in [4.69, 9.17) is 0 Å². The first-order valence-electron chi connectivity index (χ1n) is 6.32. The highest BCUT2D eigenvalue weighted by atomic mass is 14.3. The molecular formula is C15H22. The summed E-state index contributed by atoms with van der Waals surface area (Å²) in [7, 11) is 0. The monoisotopic (exact) mass is 202 g/mol. The van der Waals surface area contributed by atoms with Crippen LogP contribution in [0, 0.1) is 17.8 Å². The third kappa shape index (κ3) is 2.09. The first kappa shape index (κ1) is 10.7. The van der Waals surface area contributed by atoms with Crippen molar-refractivity contribution in [3.63, 3.8) is 0 Å². The molecule has 0 heterocycles. The molecular weight excluding hydrogens is 180 g/mol. The fraction of sp³-hybridized carbons (Fsp3) is 0.600. The summed E-state index contributed by atoms with van der Waals surface area (Å²) in [6.07, 6.45) is 13.5. The molecule has 0 spiro atoms. The Morgan fingerprint density at radius 3 is 2.40 bits per heavy atom. The van der Waals surface area contributed by atoms with Gasteiger partial charge < -0.3 is 0 Å². The second kappa shape index (κ2) is 4.38. The van der Waals surface area contributed by atoms with Gasteiger partial charge in [-0.25, -0.2) is 0 Å². The highest BCUT2D eigenvalue weighted by Crippen LogP contribution is 2.38. The van der Waals surface area contributed by atoms with E-state index in [1.165, 1.54) is 19.3 Å². The van der Waals surface area contributed by atoms with Crippen LogP contribution in [-0.2, 0) is 0 Å². The fourth-order valence-electron chi connectivity index (χ4n) is 2.77. The number of hydrogen-bond donors (Lipinski definition) is 0. The lowest BCUT2D eigenvalue weighted by Crippen LogP contribution is -2.15. The van der Waals surface area contributed by atoms with Crippen molar-refractivity contribution in [2.24, 2.45) is 17.8 Å². The van der Waals surface area contributed by atoms with Crippen LogP contribution in [-0.4, -0.2) is 0 Å². The topological polar surface area (TPSA) is 0 Å². The molecule has 2 aliphatic carbocycles. The van der Waals surface area contributed by atoms with Gasteiger partial charge in [0.2, 0.25) is 0 Å². The van der Waals surface area contributed by atoms with Crippen LogP contribution >= 0.6 is 0 Å². The largest absolute Gasteiger partial charge is 0.0776 e. The van der Waals surface area contributed by atoms with Gasteiger partial charge in [-0.3, -0.25) is 0 Å². The molecule has 15 heavy (non-hydrogen) atoms. The van der Waals surface area contributed by atoms with E-state index in [1.54, 1.807) is 11.1 Å². The van der Waals surface area contributed by atoms with E-state index >= 15 is 0 Å². The van der Waals surface area contributed by atoms with Crippen LogP contribution in [0.5, 0.6) is 0 Å². The maximum Gasteiger partial charge on any atom is -0.00754 e. The minimum Gasteiger partial charge on any atom is -0.0776 e. The molecule has 3 atom stereocenters. The average Bonchev–Trinajstić information content (AvgIpc) is 2.43. The summed E-state index contributed by atoms with van der Waals surface area (Å²) in [5, 5.41) is 0. The Kier molecular flexibility index (Phi) is 3.14. The Morgan fingerprint density at radius 2 is 1.73 bits per heavy atom. The third-order valence-corrected chi connectivity index (χ3v) is 3.90. The molecule has 0 heteroatoms. The van der Waals surface area contributed by atoms with Crippen LogP contribution in [0.1, 0.15) is 40.0 Å². The summed E-state index contributed by atoms with van der Waals surface area (Å²) in [6.45, 7) is 6.95. The lowest BCUT2D eigenvalue weighted by molar-refractivity contribution is 0.438. The van der Waals surface area contributed by atoms with Crippen LogP contribution in [0.4, 0.5) is 0 Å². The molecule has 0 N–H and O–H groups in total. The molecule has 0 saturated heterocycles. The van der Waals surface area contributed by atoms with Gasteiger partial charge in [0, 0.05) is 0 Å². The van der Waals surface area contributed by atoms with E-state index in [0.717, 1.165) is 11.8 Å². The van der Waals surface area contributed by atoms with Crippen molar-refractivity contribution >= 4 is 0 Å². The van der Waals surface area contributed by atoms with E-state index in [-0.39, 0.29) is 0 Å². The Hall–Kier alpha value is -0.780. The summed E-state index contributed by atoms with van der Waals surface area (Å²) in [4.78, 5) is 0. The maximum absolute atomic E-state index is 2.39. The molecule has 0 aromatic rings. The highest BCUT2D eigenvalue weighted by molar-refractivity contribution is 5.41. The summed E-state index contributed by atoms with van der Waals surface area (Å²) >= 11 is 0. The first-order chi connectivity index (χ1) is 7.22. The molecule has 0 amide bonds. The minimum atomic E-state index is 0.598. The van der Waals surface area contributed by atoms with Crippen LogP contribution in [0.3, 0.4) is 0 Å². The number of hydrogen-bond acceptors (Lipinski definition) is 0. The smallest absolute Gasteiger partial charge is 0.00754 e. The van der Waals surface area contributed by atoms with Gasteiger partial charge in [-0.15, -0.1) is 0 Å². The second-order valence-electron chi connectivity index (χ2n) is 5.07. The molecule has 0 radical (unpaired) electrons. The molecule has 0 fully saturated rings. The van der Waals surface area contributed by atoms with E-state index in [9.17, 15) is 0 Å². The number of allylic oxidation sites excluding steroid dienone is 6. The van der Waals surface area contributed by atoms with Crippen molar-refractivity contribution in [1.29, 1.82) is 0 Å². The lowest BCUT2D eigenvalue weighted by Gasteiger charge is -2.29. The molecule has 0 nitrogen and oxygen atoms in total. The van der Waals surface area contributed by atoms with Gasteiger partial charge in [-0.1, -0.05) is 45.1 Å². The number of rotatable bonds is 1. The molecule has 0 aliphatic heterocycles. The molecule has 0 saturated carbocycles. The van der Waals surface area contributed by atoms with Gasteiger partial charge in [0.15, 0.2) is 0 Å². The highest BCUT2D eigenvalue weighted by Gasteiger charge is 2.24. The van der Waals surface area contributed by atoms with Crippen LogP contribution in [0.25, 0.3) is 0 Å². The zero-order valence-corrected chi connectivity index (χ0v) is 10.2. The van der Waals surface area contributed by atoms with E-state index in [2.05, 4.69) is 45.1 Å². The van der Waals surface area contributed by atoms with E-state index < -0.39 is 0 Å². The molecule has 2 rings (SSSR count). The maximum atomic E-state index is 2.39. The summed E-state index contributed by atoms with van der Waals surface area (Å²) < 4.78 is 0. The van der Waals surface area contributed by atoms with Gasteiger partial charge in [0.1, 0.15) is 0 Å². The van der Waals surface area contributed by atoms with Crippen molar-refractivity contribution in [2.75, 3.05) is 0 Å².